The number of furan rings is 1. The molecule has 0 aliphatic rings. The van der Waals surface area contributed by atoms with Crippen molar-refractivity contribution in [3.05, 3.63) is 52.8 Å². The van der Waals surface area contributed by atoms with E-state index in [0.717, 1.165) is 4.31 Å². The van der Waals surface area contributed by atoms with Crippen LogP contribution in [-0.4, -0.2) is 24.8 Å². The number of hydrogen-bond donors (Lipinski definition) is 1. The average molecular weight is 268 g/mol. The molecule has 0 fully saturated rings. The van der Waals surface area contributed by atoms with Crippen molar-refractivity contribution in [2.75, 3.05) is 7.05 Å². The van der Waals surface area contributed by atoms with Gasteiger partial charge in [0.1, 0.15) is 5.76 Å². The SMILES string of the molecule is CN(Cc1ccco1)S(=O)(=O)c1ccc(=O)[nH]c1. The van der Waals surface area contributed by atoms with E-state index >= 15 is 0 Å². The number of nitrogens with one attached hydrogen (secondary N) is 1. The highest BCUT2D eigenvalue weighted by molar-refractivity contribution is 7.89. The molecule has 0 aliphatic carbocycles. The summed E-state index contributed by atoms with van der Waals surface area (Å²) < 4.78 is 30.5. The van der Waals surface area contributed by atoms with Crippen LogP contribution in [0.3, 0.4) is 0 Å². The molecule has 0 saturated heterocycles. The monoisotopic (exact) mass is 268 g/mol. The zero-order valence-electron chi connectivity index (χ0n) is 9.66. The summed E-state index contributed by atoms with van der Waals surface area (Å²) >= 11 is 0. The van der Waals surface area contributed by atoms with E-state index in [1.807, 2.05) is 0 Å². The molecule has 2 heterocycles. The van der Waals surface area contributed by atoms with Gasteiger partial charge in [-0.25, -0.2) is 8.42 Å². The molecule has 2 aromatic rings. The van der Waals surface area contributed by atoms with Gasteiger partial charge in [0.15, 0.2) is 0 Å². The summed E-state index contributed by atoms with van der Waals surface area (Å²) in [6.07, 6.45) is 2.66. The van der Waals surface area contributed by atoms with Gasteiger partial charge in [-0.05, 0) is 18.2 Å². The summed E-state index contributed by atoms with van der Waals surface area (Å²) in [5.74, 6) is 0.547. The summed E-state index contributed by atoms with van der Waals surface area (Å²) in [5, 5.41) is 0. The van der Waals surface area contributed by atoms with Crippen LogP contribution in [-0.2, 0) is 16.6 Å². The molecule has 0 spiro atoms. The van der Waals surface area contributed by atoms with Crippen molar-refractivity contribution in [3.8, 4) is 0 Å². The third-order valence-corrected chi connectivity index (χ3v) is 4.22. The number of sulfonamides is 1. The number of aromatic nitrogens is 1. The zero-order chi connectivity index (χ0) is 13.2. The van der Waals surface area contributed by atoms with Crippen LogP contribution in [0, 0.1) is 0 Å². The number of H-pyrrole nitrogens is 1. The van der Waals surface area contributed by atoms with Crippen LogP contribution in [0.2, 0.25) is 0 Å². The van der Waals surface area contributed by atoms with Crippen molar-refractivity contribution in [2.45, 2.75) is 11.4 Å². The number of nitrogens with zero attached hydrogens (tertiary/aromatic N) is 1. The number of hydrogen-bond acceptors (Lipinski definition) is 4. The van der Waals surface area contributed by atoms with Crippen LogP contribution < -0.4 is 5.56 Å². The summed E-state index contributed by atoms with van der Waals surface area (Å²) in [6.45, 7) is 0.133. The lowest BCUT2D eigenvalue weighted by atomic mass is 10.4. The highest BCUT2D eigenvalue weighted by Gasteiger charge is 2.21. The van der Waals surface area contributed by atoms with Crippen LogP contribution in [0.25, 0.3) is 0 Å². The minimum Gasteiger partial charge on any atom is -0.468 e. The van der Waals surface area contributed by atoms with E-state index in [1.165, 1.54) is 31.6 Å². The van der Waals surface area contributed by atoms with Crippen molar-refractivity contribution in [3.63, 3.8) is 0 Å². The maximum atomic E-state index is 12.1. The minimum atomic E-state index is -3.63. The van der Waals surface area contributed by atoms with Crippen LogP contribution >= 0.6 is 0 Å². The summed E-state index contributed by atoms with van der Waals surface area (Å²) in [7, 11) is -2.18. The Morgan fingerprint density at radius 1 is 1.33 bits per heavy atom. The van der Waals surface area contributed by atoms with Crippen LogP contribution in [0.4, 0.5) is 0 Å². The summed E-state index contributed by atoms with van der Waals surface area (Å²) in [4.78, 5) is 13.3. The van der Waals surface area contributed by atoms with E-state index in [4.69, 9.17) is 4.42 Å². The molecule has 0 bridgehead atoms. The summed E-state index contributed by atoms with van der Waals surface area (Å²) in [6, 6.07) is 5.83. The Morgan fingerprint density at radius 3 is 2.67 bits per heavy atom. The topological polar surface area (TPSA) is 83.4 Å². The van der Waals surface area contributed by atoms with Gasteiger partial charge in [-0.2, -0.15) is 4.31 Å². The zero-order valence-corrected chi connectivity index (χ0v) is 10.5. The number of pyridine rings is 1. The lowest BCUT2D eigenvalue weighted by molar-refractivity contribution is 0.406. The van der Waals surface area contributed by atoms with Crippen LogP contribution in [0.1, 0.15) is 5.76 Å². The first-order chi connectivity index (χ1) is 8.50. The Bertz CT molecular complexity index is 653. The van der Waals surface area contributed by atoms with Gasteiger partial charge in [0, 0.05) is 19.3 Å². The molecule has 0 radical (unpaired) electrons. The van der Waals surface area contributed by atoms with Crippen LogP contribution in [0.5, 0.6) is 0 Å². The molecule has 0 atom stereocenters. The van der Waals surface area contributed by atoms with E-state index in [1.54, 1.807) is 12.1 Å². The van der Waals surface area contributed by atoms with E-state index in [0.29, 0.717) is 5.76 Å². The highest BCUT2D eigenvalue weighted by Crippen LogP contribution is 2.14. The fraction of sp³-hybridized carbons (Fsp3) is 0.182. The maximum absolute atomic E-state index is 12.1. The molecule has 1 N–H and O–H groups in total. The van der Waals surface area contributed by atoms with Gasteiger partial charge in [-0.15, -0.1) is 0 Å². The fourth-order valence-corrected chi connectivity index (χ4v) is 2.55. The molecule has 96 valence electrons. The minimum absolute atomic E-state index is 0.0381. The molecule has 0 saturated carbocycles. The standard InChI is InChI=1S/C11H12N2O4S/c1-13(8-9-3-2-6-17-9)18(15,16)10-4-5-11(14)12-7-10/h2-7H,8H2,1H3,(H,12,14). The van der Waals surface area contributed by atoms with Gasteiger partial charge >= 0.3 is 0 Å². The first-order valence-corrected chi connectivity index (χ1v) is 6.61. The van der Waals surface area contributed by atoms with E-state index in [9.17, 15) is 13.2 Å². The van der Waals surface area contributed by atoms with Gasteiger partial charge in [0.2, 0.25) is 15.6 Å². The largest absolute Gasteiger partial charge is 0.468 e. The smallest absolute Gasteiger partial charge is 0.247 e. The lowest BCUT2D eigenvalue weighted by Gasteiger charge is -2.15. The second-order valence-electron chi connectivity index (χ2n) is 3.73. The average Bonchev–Trinajstić information content (AvgIpc) is 2.82. The second kappa shape index (κ2) is 4.79. The Morgan fingerprint density at radius 2 is 2.11 bits per heavy atom. The maximum Gasteiger partial charge on any atom is 0.247 e. The van der Waals surface area contributed by atoms with Gasteiger partial charge in [0.25, 0.3) is 0 Å². The van der Waals surface area contributed by atoms with Crippen molar-refractivity contribution in [1.82, 2.24) is 9.29 Å². The van der Waals surface area contributed by atoms with Crippen molar-refractivity contribution < 1.29 is 12.8 Å². The Labute approximate surface area is 104 Å². The van der Waals surface area contributed by atoms with Gasteiger partial charge in [-0.3, -0.25) is 4.79 Å². The molecule has 18 heavy (non-hydrogen) atoms. The molecule has 0 aliphatic heterocycles. The van der Waals surface area contributed by atoms with Gasteiger partial charge in [-0.1, -0.05) is 0 Å². The first-order valence-electron chi connectivity index (χ1n) is 5.17. The van der Waals surface area contributed by atoms with Crippen molar-refractivity contribution >= 4 is 10.0 Å². The molecule has 0 amide bonds. The fourth-order valence-electron chi connectivity index (χ4n) is 1.44. The van der Waals surface area contributed by atoms with Gasteiger partial charge in [0.05, 0.1) is 17.7 Å². The second-order valence-corrected chi connectivity index (χ2v) is 5.77. The van der Waals surface area contributed by atoms with E-state index in [2.05, 4.69) is 4.98 Å². The van der Waals surface area contributed by atoms with E-state index < -0.39 is 10.0 Å². The first kappa shape index (κ1) is 12.6. The Balaban J connectivity index is 2.25. The Hall–Kier alpha value is -1.86. The molecule has 0 aromatic carbocycles. The quantitative estimate of drug-likeness (QED) is 0.888. The van der Waals surface area contributed by atoms with Crippen molar-refractivity contribution in [2.24, 2.45) is 0 Å². The van der Waals surface area contributed by atoms with E-state index in [-0.39, 0.29) is 17.0 Å². The molecule has 7 heteroatoms. The molecular formula is C11H12N2O4S. The number of rotatable bonds is 4. The number of aromatic amines is 1. The van der Waals surface area contributed by atoms with Gasteiger partial charge < -0.3 is 9.40 Å². The molecule has 2 rings (SSSR count). The normalized spacial score (nSPS) is 11.9. The predicted octanol–water partition coefficient (Wildman–Crippen LogP) is 0.789. The van der Waals surface area contributed by atoms with Crippen LogP contribution in [0.15, 0.2) is 50.8 Å². The molecular weight excluding hydrogens is 256 g/mol. The highest BCUT2D eigenvalue weighted by atomic mass is 32.2. The molecule has 2 aromatic heterocycles. The molecule has 6 nitrogen and oxygen atoms in total. The Kier molecular flexibility index (Phi) is 3.35. The third kappa shape index (κ3) is 2.52. The predicted molar refractivity (Wildman–Crippen MR) is 64.4 cm³/mol. The summed E-state index contributed by atoms with van der Waals surface area (Å²) in [5.41, 5.74) is -0.345. The van der Waals surface area contributed by atoms with Crippen molar-refractivity contribution in [1.29, 1.82) is 0 Å². The lowest BCUT2D eigenvalue weighted by Crippen LogP contribution is -2.26. The third-order valence-electron chi connectivity index (χ3n) is 2.42. The molecule has 0 unspecified atom stereocenters.